The van der Waals surface area contributed by atoms with Gasteiger partial charge >= 0.3 is 0 Å². The van der Waals surface area contributed by atoms with Gasteiger partial charge < -0.3 is 9.84 Å². The van der Waals surface area contributed by atoms with E-state index >= 15 is 0 Å². The molecule has 2 N–H and O–H groups in total. The molecular weight excluding hydrogens is 218 g/mol. The molecule has 1 rings (SSSR count). The molecular formula is C9H19NO4S. The summed E-state index contributed by atoms with van der Waals surface area (Å²) in [6.07, 6.45) is 2.97. The molecule has 2 atom stereocenters. The van der Waals surface area contributed by atoms with E-state index in [0.29, 0.717) is 13.0 Å². The zero-order chi connectivity index (χ0) is 11.3. The Bertz CT molecular complexity index is 272. The number of aliphatic hydroxyl groups excluding tert-OH is 1. The normalized spacial score (nSPS) is 24.3. The fourth-order valence-electron chi connectivity index (χ4n) is 1.47. The largest absolute Gasteiger partial charge is 0.395 e. The van der Waals surface area contributed by atoms with Gasteiger partial charge in [0.2, 0.25) is 10.0 Å². The van der Waals surface area contributed by atoms with Gasteiger partial charge in [-0.1, -0.05) is 0 Å². The summed E-state index contributed by atoms with van der Waals surface area (Å²) in [7, 11) is -3.36. The predicted molar refractivity (Wildman–Crippen MR) is 57.1 cm³/mol. The van der Waals surface area contributed by atoms with E-state index in [9.17, 15) is 8.42 Å². The minimum atomic E-state index is -3.36. The quantitative estimate of drug-likeness (QED) is 0.674. The zero-order valence-corrected chi connectivity index (χ0v) is 9.79. The van der Waals surface area contributed by atoms with Crippen molar-refractivity contribution < 1.29 is 18.3 Å². The molecule has 2 unspecified atom stereocenters. The molecule has 0 saturated carbocycles. The maximum absolute atomic E-state index is 11.4. The van der Waals surface area contributed by atoms with E-state index in [1.165, 1.54) is 6.92 Å². The van der Waals surface area contributed by atoms with Gasteiger partial charge in [0.25, 0.3) is 0 Å². The number of aliphatic hydroxyl groups is 1. The summed E-state index contributed by atoms with van der Waals surface area (Å²) in [4.78, 5) is 0. The van der Waals surface area contributed by atoms with Gasteiger partial charge in [-0.2, -0.15) is 0 Å². The summed E-state index contributed by atoms with van der Waals surface area (Å²) in [5.41, 5.74) is 0. The molecule has 15 heavy (non-hydrogen) atoms. The monoisotopic (exact) mass is 237 g/mol. The standard InChI is InChI=1S/C9H19NO4S/c1-8(7-11)15(12,13)10-5-4-9-3-2-6-14-9/h8-11H,2-7H2,1H3. The molecule has 0 aliphatic carbocycles. The summed E-state index contributed by atoms with van der Waals surface area (Å²) >= 11 is 0. The second-order valence-electron chi connectivity index (χ2n) is 3.86. The van der Waals surface area contributed by atoms with Gasteiger partial charge in [-0.05, 0) is 26.2 Å². The molecule has 0 amide bonds. The first kappa shape index (κ1) is 12.9. The Balaban J connectivity index is 2.23. The van der Waals surface area contributed by atoms with Crippen LogP contribution < -0.4 is 4.72 Å². The van der Waals surface area contributed by atoms with E-state index in [-0.39, 0.29) is 12.7 Å². The number of ether oxygens (including phenoxy) is 1. The minimum absolute atomic E-state index is 0.192. The lowest BCUT2D eigenvalue weighted by molar-refractivity contribution is 0.105. The lowest BCUT2D eigenvalue weighted by Crippen LogP contribution is -2.36. The molecule has 1 fully saturated rings. The van der Waals surface area contributed by atoms with Gasteiger partial charge in [-0.25, -0.2) is 13.1 Å². The molecule has 1 heterocycles. The van der Waals surface area contributed by atoms with Crippen LogP contribution in [0.2, 0.25) is 0 Å². The first-order valence-corrected chi connectivity index (χ1v) is 6.82. The van der Waals surface area contributed by atoms with Crippen LogP contribution in [0.25, 0.3) is 0 Å². The smallest absolute Gasteiger partial charge is 0.216 e. The van der Waals surface area contributed by atoms with E-state index < -0.39 is 15.3 Å². The zero-order valence-electron chi connectivity index (χ0n) is 8.98. The van der Waals surface area contributed by atoms with Crippen molar-refractivity contribution in [2.24, 2.45) is 0 Å². The molecule has 90 valence electrons. The molecule has 0 bridgehead atoms. The highest BCUT2D eigenvalue weighted by molar-refractivity contribution is 7.90. The molecule has 0 spiro atoms. The van der Waals surface area contributed by atoms with Crippen molar-refractivity contribution in [1.82, 2.24) is 4.72 Å². The number of sulfonamides is 1. The van der Waals surface area contributed by atoms with E-state index in [2.05, 4.69) is 4.72 Å². The first-order valence-electron chi connectivity index (χ1n) is 5.27. The Kier molecular flexibility index (Phi) is 4.98. The fraction of sp³-hybridized carbons (Fsp3) is 1.00. The highest BCUT2D eigenvalue weighted by Crippen LogP contribution is 2.14. The predicted octanol–water partition coefficient (Wildman–Crippen LogP) is -0.144. The maximum atomic E-state index is 11.4. The minimum Gasteiger partial charge on any atom is -0.395 e. The fourth-order valence-corrected chi connectivity index (χ4v) is 2.36. The second-order valence-corrected chi connectivity index (χ2v) is 6.04. The van der Waals surface area contributed by atoms with Crippen molar-refractivity contribution in [2.75, 3.05) is 19.8 Å². The van der Waals surface area contributed by atoms with E-state index in [1.807, 2.05) is 0 Å². The van der Waals surface area contributed by atoms with Gasteiger partial charge in [0.15, 0.2) is 0 Å². The average molecular weight is 237 g/mol. The van der Waals surface area contributed by atoms with Crippen LogP contribution in [0, 0.1) is 0 Å². The van der Waals surface area contributed by atoms with Crippen LogP contribution in [-0.4, -0.2) is 44.6 Å². The molecule has 1 aliphatic rings. The molecule has 0 aromatic rings. The van der Waals surface area contributed by atoms with Crippen molar-refractivity contribution in [3.63, 3.8) is 0 Å². The summed E-state index contributed by atoms with van der Waals surface area (Å²) < 4.78 is 30.7. The van der Waals surface area contributed by atoms with Gasteiger partial charge in [-0.3, -0.25) is 0 Å². The van der Waals surface area contributed by atoms with Crippen LogP contribution >= 0.6 is 0 Å². The summed E-state index contributed by atoms with van der Waals surface area (Å²) in [5.74, 6) is 0. The molecule has 0 aromatic heterocycles. The Morgan fingerprint density at radius 1 is 1.60 bits per heavy atom. The van der Waals surface area contributed by atoms with Crippen LogP contribution in [0.1, 0.15) is 26.2 Å². The molecule has 1 saturated heterocycles. The lowest BCUT2D eigenvalue weighted by atomic mass is 10.2. The van der Waals surface area contributed by atoms with Gasteiger partial charge in [0.1, 0.15) is 0 Å². The van der Waals surface area contributed by atoms with Crippen molar-refractivity contribution >= 4 is 10.0 Å². The van der Waals surface area contributed by atoms with Gasteiger partial charge in [-0.15, -0.1) is 0 Å². The summed E-state index contributed by atoms with van der Waals surface area (Å²) in [6.45, 7) is 2.30. The average Bonchev–Trinajstić information content (AvgIpc) is 2.69. The molecule has 1 aliphatic heterocycles. The Morgan fingerprint density at radius 2 is 2.33 bits per heavy atom. The third-order valence-corrected chi connectivity index (χ3v) is 4.40. The Labute approximate surface area is 90.9 Å². The van der Waals surface area contributed by atoms with Crippen molar-refractivity contribution in [3.8, 4) is 0 Å². The molecule has 6 heteroatoms. The third-order valence-electron chi connectivity index (χ3n) is 2.58. The summed E-state index contributed by atoms with van der Waals surface area (Å²) in [6, 6.07) is 0. The van der Waals surface area contributed by atoms with Crippen molar-refractivity contribution in [2.45, 2.75) is 37.5 Å². The van der Waals surface area contributed by atoms with Crippen LogP contribution in [0.3, 0.4) is 0 Å². The van der Waals surface area contributed by atoms with Crippen molar-refractivity contribution in [1.29, 1.82) is 0 Å². The third kappa shape index (κ3) is 4.06. The van der Waals surface area contributed by atoms with Gasteiger partial charge in [0.05, 0.1) is 18.0 Å². The molecule has 0 radical (unpaired) electrons. The number of rotatable bonds is 6. The molecule has 0 aromatic carbocycles. The topological polar surface area (TPSA) is 75.6 Å². The number of hydrogen-bond donors (Lipinski definition) is 2. The Hall–Kier alpha value is -0.170. The lowest BCUT2D eigenvalue weighted by Gasteiger charge is -2.13. The van der Waals surface area contributed by atoms with Crippen LogP contribution in [-0.2, 0) is 14.8 Å². The van der Waals surface area contributed by atoms with E-state index in [0.717, 1.165) is 19.4 Å². The highest BCUT2D eigenvalue weighted by atomic mass is 32.2. The SMILES string of the molecule is CC(CO)S(=O)(=O)NCCC1CCCO1. The molecule has 5 nitrogen and oxygen atoms in total. The summed E-state index contributed by atoms with van der Waals surface area (Å²) in [5, 5.41) is 7.99. The van der Waals surface area contributed by atoms with Crippen LogP contribution in [0.5, 0.6) is 0 Å². The maximum Gasteiger partial charge on any atom is 0.216 e. The van der Waals surface area contributed by atoms with Crippen LogP contribution in [0.4, 0.5) is 0 Å². The van der Waals surface area contributed by atoms with Gasteiger partial charge in [0, 0.05) is 13.2 Å². The van der Waals surface area contributed by atoms with E-state index in [4.69, 9.17) is 9.84 Å². The number of hydrogen-bond acceptors (Lipinski definition) is 4. The number of nitrogens with one attached hydrogen (secondary N) is 1. The Morgan fingerprint density at radius 3 is 2.87 bits per heavy atom. The first-order chi connectivity index (χ1) is 7.06. The highest BCUT2D eigenvalue weighted by Gasteiger charge is 2.20. The van der Waals surface area contributed by atoms with Crippen LogP contribution in [0.15, 0.2) is 0 Å². The second kappa shape index (κ2) is 5.79. The van der Waals surface area contributed by atoms with Crippen molar-refractivity contribution in [3.05, 3.63) is 0 Å². The van der Waals surface area contributed by atoms with E-state index in [1.54, 1.807) is 0 Å².